The van der Waals surface area contributed by atoms with Crippen LogP contribution >= 0.6 is 0 Å². The Hall–Kier alpha value is -1.26. The Morgan fingerprint density at radius 1 is 1.00 bits per heavy atom. The van der Waals surface area contributed by atoms with Crippen molar-refractivity contribution in [2.75, 3.05) is 13.2 Å². The molecule has 0 atom stereocenters. The number of hydrogen-bond donors (Lipinski definition) is 0. The molecule has 0 N–H and O–H groups in total. The Bertz CT molecular complexity index is 639. The van der Waals surface area contributed by atoms with Crippen LogP contribution in [0.4, 0.5) is 0 Å². The van der Waals surface area contributed by atoms with E-state index in [-0.39, 0.29) is 0 Å². The fraction of sp³-hybridized carbons (Fsp3) is 0.158. The zero-order valence-corrected chi connectivity index (χ0v) is 15.9. The first kappa shape index (κ1) is 17.1. The first-order valence-electron chi connectivity index (χ1n) is 6.99. The third-order valence-corrected chi connectivity index (χ3v) is 7.51. The molecule has 0 fully saturated rings. The van der Waals surface area contributed by atoms with Crippen molar-refractivity contribution in [3.63, 3.8) is 0 Å². The third-order valence-electron chi connectivity index (χ3n) is 2.66. The van der Waals surface area contributed by atoms with Crippen molar-refractivity contribution < 1.29 is 4.74 Å². The molecular weight excluding hydrogens is 402 g/mol. The van der Waals surface area contributed by atoms with Crippen LogP contribution < -0.4 is 8.92 Å². The summed E-state index contributed by atoms with van der Waals surface area (Å²) >= 11 is 0.671. The van der Waals surface area contributed by atoms with E-state index < -0.39 is 0 Å². The predicted molar refractivity (Wildman–Crippen MR) is 96.0 cm³/mol. The van der Waals surface area contributed by atoms with Gasteiger partial charge in [0.2, 0.25) is 0 Å². The molecule has 0 aliphatic carbocycles. The van der Waals surface area contributed by atoms with Gasteiger partial charge in [-0.3, -0.25) is 0 Å². The summed E-state index contributed by atoms with van der Waals surface area (Å²) < 4.78 is 9.85. The van der Waals surface area contributed by atoms with E-state index in [9.17, 15) is 0 Å². The summed E-state index contributed by atoms with van der Waals surface area (Å²) in [5.74, 6) is 5.82. The summed E-state index contributed by atoms with van der Waals surface area (Å²) in [6.45, 7) is 3.03. The van der Waals surface area contributed by atoms with Crippen LogP contribution in [0.5, 0.6) is 0 Å². The average molecular weight is 420 g/mol. The number of rotatable bonds is 7. The van der Waals surface area contributed by atoms with E-state index in [1.807, 2.05) is 6.92 Å². The molecule has 3 heteroatoms. The molecule has 2 rings (SSSR count). The van der Waals surface area contributed by atoms with Crippen LogP contribution in [0, 0.1) is 11.8 Å². The zero-order chi connectivity index (χ0) is 15.5. The van der Waals surface area contributed by atoms with E-state index in [2.05, 4.69) is 77.5 Å². The van der Waals surface area contributed by atoms with Gasteiger partial charge in [-0.2, -0.15) is 0 Å². The average Bonchev–Trinajstić information content (AvgIpc) is 2.58. The molecule has 0 aliphatic heterocycles. The van der Waals surface area contributed by atoms with Crippen molar-refractivity contribution in [2.24, 2.45) is 0 Å². The minimum atomic E-state index is 0.317. The molecule has 0 aromatic heterocycles. The molecule has 1 nitrogen and oxygen atoms in total. The molecule has 0 unspecified atom stereocenters. The predicted octanol–water partition coefficient (Wildman–Crippen LogP) is 1.93. The molecule has 0 aliphatic rings. The maximum absolute atomic E-state index is 5.68. The van der Waals surface area contributed by atoms with E-state index in [4.69, 9.17) is 4.74 Å². The summed E-state index contributed by atoms with van der Waals surface area (Å²) in [5, 5.41) is 0. The van der Waals surface area contributed by atoms with Gasteiger partial charge in [-0.05, 0) is 0 Å². The third kappa shape index (κ3) is 6.67. The molecule has 0 amide bonds. The SMILES string of the molecule is CC#CCOC/C(=C\[Se]c1ccccc1)[Se]c1ccccc1. The molecule has 0 heterocycles. The van der Waals surface area contributed by atoms with E-state index in [0.29, 0.717) is 43.1 Å². The molecule has 0 saturated heterocycles. The first-order valence-corrected chi connectivity index (χ1v) is 10.6. The van der Waals surface area contributed by atoms with Crippen molar-refractivity contribution in [3.8, 4) is 11.8 Å². The summed E-state index contributed by atoms with van der Waals surface area (Å²) in [4.78, 5) is 2.37. The standard InChI is InChI=1S/C19H18OSe2/c1-2-3-14-20-15-19(22-18-12-8-5-9-13-18)16-21-17-10-6-4-7-11-17/h4-13,16H,14-15H2,1H3/b19-16+. The topological polar surface area (TPSA) is 9.23 Å². The molecule has 0 spiro atoms. The summed E-state index contributed by atoms with van der Waals surface area (Å²) in [6, 6.07) is 21.3. The van der Waals surface area contributed by atoms with Gasteiger partial charge >= 0.3 is 146 Å². The van der Waals surface area contributed by atoms with Crippen LogP contribution in [-0.4, -0.2) is 43.1 Å². The van der Waals surface area contributed by atoms with E-state index in [1.165, 1.54) is 13.4 Å². The van der Waals surface area contributed by atoms with Crippen molar-refractivity contribution >= 4 is 38.8 Å². The second kappa shape index (κ2) is 10.5. The van der Waals surface area contributed by atoms with Crippen molar-refractivity contribution in [3.05, 3.63) is 70.1 Å². The van der Waals surface area contributed by atoms with Crippen LogP contribution in [0.2, 0.25) is 0 Å². The Morgan fingerprint density at radius 3 is 2.27 bits per heavy atom. The molecule has 112 valence electrons. The molecule has 0 radical (unpaired) electrons. The second-order valence-electron chi connectivity index (χ2n) is 4.35. The van der Waals surface area contributed by atoms with Gasteiger partial charge in [0.15, 0.2) is 0 Å². The molecule has 0 bridgehead atoms. The Morgan fingerprint density at radius 2 is 1.64 bits per heavy atom. The number of hydrogen-bond acceptors (Lipinski definition) is 1. The zero-order valence-electron chi connectivity index (χ0n) is 12.5. The molecule has 22 heavy (non-hydrogen) atoms. The Kier molecular flexibility index (Phi) is 8.13. The van der Waals surface area contributed by atoms with Crippen molar-refractivity contribution in [1.29, 1.82) is 0 Å². The summed E-state index contributed by atoms with van der Waals surface area (Å²) in [6.07, 6.45) is 0. The molecule has 0 saturated carbocycles. The van der Waals surface area contributed by atoms with E-state index in [1.54, 1.807) is 0 Å². The van der Waals surface area contributed by atoms with E-state index in [0.717, 1.165) is 0 Å². The van der Waals surface area contributed by atoms with Gasteiger partial charge in [0.05, 0.1) is 0 Å². The maximum atomic E-state index is 5.68. The van der Waals surface area contributed by atoms with Gasteiger partial charge in [0.25, 0.3) is 0 Å². The fourth-order valence-electron chi connectivity index (χ4n) is 1.64. The molecule has 2 aromatic carbocycles. The van der Waals surface area contributed by atoms with Gasteiger partial charge in [0, 0.05) is 0 Å². The normalized spacial score (nSPS) is 10.9. The number of ether oxygens (including phenoxy) is 1. The van der Waals surface area contributed by atoms with Gasteiger partial charge in [-0.1, -0.05) is 0 Å². The fourth-order valence-corrected chi connectivity index (χ4v) is 5.70. The van der Waals surface area contributed by atoms with Crippen LogP contribution in [-0.2, 0) is 4.74 Å². The quantitative estimate of drug-likeness (QED) is 0.378. The first-order chi connectivity index (χ1) is 10.9. The second-order valence-corrected chi connectivity index (χ2v) is 8.85. The summed E-state index contributed by atoms with van der Waals surface area (Å²) in [5.41, 5.74) is 0. The van der Waals surface area contributed by atoms with Gasteiger partial charge in [-0.15, -0.1) is 0 Å². The van der Waals surface area contributed by atoms with E-state index >= 15 is 0 Å². The van der Waals surface area contributed by atoms with Gasteiger partial charge in [-0.25, -0.2) is 0 Å². The van der Waals surface area contributed by atoms with Gasteiger partial charge in [0.1, 0.15) is 0 Å². The van der Waals surface area contributed by atoms with Crippen molar-refractivity contribution in [1.82, 2.24) is 0 Å². The summed E-state index contributed by atoms with van der Waals surface area (Å²) in [7, 11) is 0. The number of benzene rings is 2. The van der Waals surface area contributed by atoms with Crippen molar-refractivity contribution in [2.45, 2.75) is 6.92 Å². The monoisotopic (exact) mass is 422 g/mol. The van der Waals surface area contributed by atoms with Crippen LogP contribution in [0.3, 0.4) is 0 Å². The van der Waals surface area contributed by atoms with Crippen LogP contribution in [0.15, 0.2) is 70.1 Å². The van der Waals surface area contributed by atoms with Crippen LogP contribution in [0.1, 0.15) is 6.92 Å². The minimum absolute atomic E-state index is 0.317. The van der Waals surface area contributed by atoms with Gasteiger partial charge < -0.3 is 0 Å². The van der Waals surface area contributed by atoms with Crippen LogP contribution in [0.25, 0.3) is 0 Å². The Balaban J connectivity index is 2.01. The Labute approximate surface area is 145 Å². The molecular formula is C19H18OSe2. The molecule has 2 aromatic rings.